The first-order valence-corrected chi connectivity index (χ1v) is 6.67. The topological polar surface area (TPSA) is 41.6 Å². The number of carbonyl (C=O) groups excluding carboxylic acids is 1. The van der Waals surface area contributed by atoms with Crippen LogP contribution >= 0.6 is 24.0 Å². The highest BCUT2D eigenvalue weighted by molar-refractivity contribution is 6.30. The maximum absolute atomic E-state index is 11.9. The van der Waals surface area contributed by atoms with Crippen LogP contribution in [0.2, 0.25) is 5.02 Å². The summed E-state index contributed by atoms with van der Waals surface area (Å²) in [5.74, 6) is 0.872. The second-order valence-electron chi connectivity index (χ2n) is 4.41. The van der Waals surface area contributed by atoms with Crippen LogP contribution in [-0.4, -0.2) is 38.6 Å². The van der Waals surface area contributed by atoms with Crippen LogP contribution in [0.4, 0.5) is 0 Å². The molecule has 0 spiro atoms. The van der Waals surface area contributed by atoms with E-state index in [1.54, 1.807) is 25.1 Å². The van der Waals surface area contributed by atoms with Crippen molar-refractivity contribution in [3.63, 3.8) is 0 Å². The number of hydrogen-bond donors (Lipinski definition) is 1. The van der Waals surface area contributed by atoms with Gasteiger partial charge in [-0.15, -0.1) is 12.4 Å². The van der Waals surface area contributed by atoms with Gasteiger partial charge in [-0.3, -0.25) is 4.79 Å². The molecule has 0 saturated carbocycles. The molecule has 1 amide bonds. The van der Waals surface area contributed by atoms with Gasteiger partial charge in [-0.1, -0.05) is 11.6 Å². The van der Waals surface area contributed by atoms with Crippen LogP contribution in [-0.2, 0) is 11.3 Å². The Morgan fingerprint density at radius 1 is 1.45 bits per heavy atom. The summed E-state index contributed by atoms with van der Waals surface area (Å²) in [4.78, 5) is 13.6. The number of nitrogens with one attached hydrogen (secondary N) is 1. The summed E-state index contributed by atoms with van der Waals surface area (Å²) in [7, 11) is 5.29. The number of methoxy groups -OCH3 is 1. The van der Waals surface area contributed by atoms with Gasteiger partial charge in [-0.2, -0.15) is 0 Å². The highest BCUT2D eigenvalue weighted by Gasteiger charge is 2.12. The van der Waals surface area contributed by atoms with Crippen molar-refractivity contribution in [2.45, 2.75) is 19.4 Å². The molecule has 0 saturated heterocycles. The van der Waals surface area contributed by atoms with E-state index in [2.05, 4.69) is 5.32 Å². The summed E-state index contributed by atoms with van der Waals surface area (Å²) in [5, 5.41) is 3.67. The summed E-state index contributed by atoms with van der Waals surface area (Å²) in [5.41, 5.74) is 0.916. The SMILES string of the molecule is CNCCCC(=O)N(C)Cc1cc(Cl)ccc1OC.Cl. The summed E-state index contributed by atoms with van der Waals surface area (Å²) in [6.07, 6.45) is 1.38. The number of carbonyl (C=O) groups is 1. The molecule has 6 heteroatoms. The van der Waals surface area contributed by atoms with Gasteiger partial charge in [-0.25, -0.2) is 0 Å². The number of nitrogens with zero attached hydrogens (tertiary/aromatic N) is 1. The van der Waals surface area contributed by atoms with E-state index in [0.717, 1.165) is 24.3 Å². The van der Waals surface area contributed by atoms with Crippen LogP contribution in [0, 0.1) is 0 Å². The molecular weight excluding hydrogens is 299 g/mol. The van der Waals surface area contributed by atoms with E-state index in [1.807, 2.05) is 19.2 Å². The predicted molar refractivity (Wildman–Crippen MR) is 84.9 cm³/mol. The monoisotopic (exact) mass is 320 g/mol. The molecule has 4 nitrogen and oxygen atoms in total. The maximum Gasteiger partial charge on any atom is 0.222 e. The molecule has 0 fully saturated rings. The first-order valence-electron chi connectivity index (χ1n) is 6.29. The van der Waals surface area contributed by atoms with Crippen molar-refractivity contribution in [1.29, 1.82) is 0 Å². The van der Waals surface area contributed by atoms with Gasteiger partial charge in [0.15, 0.2) is 0 Å². The molecule has 0 atom stereocenters. The molecular formula is C14H22Cl2N2O2. The minimum Gasteiger partial charge on any atom is -0.496 e. The Hall–Kier alpha value is -0.970. The Balaban J connectivity index is 0.00000361. The molecule has 0 aliphatic carbocycles. The number of halogens is 2. The van der Waals surface area contributed by atoms with Crippen molar-refractivity contribution in [1.82, 2.24) is 10.2 Å². The van der Waals surface area contributed by atoms with Gasteiger partial charge < -0.3 is 15.0 Å². The summed E-state index contributed by atoms with van der Waals surface area (Å²) in [6, 6.07) is 5.42. The molecule has 1 rings (SSSR count). The van der Waals surface area contributed by atoms with Crippen molar-refractivity contribution < 1.29 is 9.53 Å². The fraction of sp³-hybridized carbons (Fsp3) is 0.500. The zero-order chi connectivity index (χ0) is 14.3. The van der Waals surface area contributed by atoms with Crippen LogP contribution < -0.4 is 10.1 Å². The minimum atomic E-state index is 0. The van der Waals surface area contributed by atoms with Gasteiger partial charge in [0.1, 0.15) is 5.75 Å². The van der Waals surface area contributed by atoms with E-state index >= 15 is 0 Å². The highest BCUT2D eigenvalue weighted by Crippen LogP contribution is 2.23. The fourth-order valence-corrected chi connectivity index (χ4v) is 2.02. The highest BCUT2D eigenvalue weighted by atomic mass is 35.5. The molecule has 1 N–H and O–H groups in total. The van der Waals surface area contributed by atoms with E-state index in [4.69, 9.17) is 16.3 Å². The Bertz CT molecular complexity index is 428. The van der Waals surface area contributed by atoms with Crippen molar-refractivity contribution >= 4 is 29.9 Å². The van der Waals surface area contributed by atoms with Gasteiger partial charge in [0.25, 0.3) is 0 Å². The van der Waals surface area contributed by atoms with Crippen molar-refractivity contribution in [3.8, 4) is 5.75 Å². The Morgan fingerprint density at radius 2 is 2.15 bits per heavy atom. The molecule has 1 aromatic rings. The number of rotatable bonds is 7. The third-order valence-corrected chi connectivity index (χ3v) is 3.13. The third kappa shape index (κ3) is 5.99. The van der Waals surface area contributed by atoms with E-state index in [9.17, 15) is 4.79 Å². The van der Waals surface area contributed by atoms with E-state index in [0.29, 0.717) is 18.0 Å². The smallest absolute Gasteiger partial charge is 0.222 e. The van der Waals surface area contributed by atoms with Gasteiger partial charge >= 0.3 is 0 Å². The van der Waals surface area contributed by atoms with Crippen molar-refractivity contribution in [3.05, 3.63) is 28.8 Å². The number of ether oxygens (including phenoxy) is 1. The molecule has 0 aliphatic heterocycles. The maximum atomic E-state index is 11.9. The second kappa shape index (κ2) is 9.86. The third-order valence-electron chi connectivity index (χ3n) is 2.89. The zero-order valence-electron chi connectivity index (χ0n) is 12.1. The lowest BCUT2D eigenvalue weighted by Crippen LogP contribution is -2.27. The standard InChI is InChI=1S/C14H21ClN2O2.ClH/c1-16-8-4-5-14(18)17(2)10-11-9-12(15)6-7-13(11)19-3;/h6-7,9,16H,4-5,8,10H2,1-3H3;1H. The Labute approximate surface area is 131 Å². The average Bonchev–Trinajstić information content (AvgIpc) is 2.39. The molecule has 0 bridgehead atoms. The van der Waals surface area contributed by atoms with Crippen LogP contribution in [0.5, 0.6) is 5.75 Å². The predicted octanol–water partition coefficient (Wildman–Crippen LogP) is 2.73. The zero-order valence-corrected chi connectivity index (χ0v) is 13.7. The lowest BCUT2D eigenvalue weighted by molar-refractivity contribution is -0.130. The van der Waals surface area contributed by atoms with Gasteiger partial charge in [0.05, 0.1) is 7.11 Å². The van der Waals surface area contributed by atoms with Gasteiger partial charge in [0, 0.05) is 30.6 Å². The van der Waals surface area contributed by atoms with E-state index in [1.165, 1.54) is 0 Å². The summed E-state index contributed by atoms with van der Waals surface area (Å²) in [6.45, 7) is 1.35. The fourth-order valence-electron chi connectivity index (χ4n) is 1.82. The molecule has 0 aliphatic rings. The normalized spacial score (nSPS) is 9.80. The lowest BCUT2D eigenvalue weighted by Gasteiger charge is -2.19. The molecule has 20 heavy (non-hydrogen) atoms. The van der Waals surface area contributed by atoms with Crippen LogP contribution in [0.25, 0.3) is 0 Å². The average molecular weight is 321 g/mol. The quantitative estimate of drug-likeness (QED) is 0.785. The first kappa shape index (κ1) is 19.0. The number of hydrogen-bond acceptors (Lipinski definition) is 3. The Kier molecular flexibility index (Phi) is 9.38. The van der Waals surface area contributed by atoms with Crippen LogP contribution in [0.15, 0.2) is 18.2 Å². The van der Waals surface area contributed by atoms with Gasteiger partial charge in [-0.05, 0) is 38.2 Å². The minimum absolute atomic E-state index is 0. The second-order valence-corrected chi connectivity index (χ2v) is 4.85. The number of amides is 1. The molecule has 0 heterocycles. The summed E-state index contributed by atoms with van der Waals surface area (Å²) >= 11 is 5.97. The Morgan fingerprint density at radius 3 is 2.75 bits per heavy atom. The number of benzene rings is 1. The molecule has 1 aromatic carbocycles. The molecule has 0 radical (unpaired) electrons. The van der Waals surface area contributed by atoms with Crippen LogP contribution in [0.1, 0.15) is 18.4 Å². The lowest BCUT2D eigenvalue weighted by atomic mass is 10.2. The van der Waals surface area contributed by atoms with E-state index in [-0.39, 0.29) is 18.3 Å². The van der Waals surface area contributed by atoms with Crippen LogP contribution in [0.3, 0.4) is 0 Å². The van der Waals surface area contributed by atoms with Crippen molar-refractivity contribution in [2.24, 2.45) is 0 Å². The molecule has 0 unspecified atom stereocenters. The largest absolute Gasteiger partial charge is 0.496 e. The van der Waals surface area contributed by atoms with E-state index < -0.39 is 0 Å². The molecule has 114 valence electrons. The van der Waals surface area contributed by atoms with Gasteiger partial charge in [0.2, 0.25) is 5.91 Å². The summed E-state index contributed by atoms with van der Waals surface area (Å²) < 4.78 is 5.27. The molecule has 0 aromatic heterocycles. The first-order chi connectivity index (χ1) is 9.08. The van der Waals surface area contributed by atoms with Crippen molar-refractivity contribution in [2.75, 3.05) is 27.7 Å².